The van der Waals surface area contributed by atoms with Crippen LogP contribution in [0.25, 0.3) is 0 Å². The molecule has 1 aliphatic carbocycles. The van der Waals surface area contributed by atoms with Crippen LogP contribution in [0.3, 0.4) is 0 Å². The lowest BCUT2D eigenvalue weighted by Crippen LogP contribution is -2.33. The third kappa shape index (κ3) is 4.07. The van der Waals surface area contributed by atoms with E-state index in [0.29, 0.717) is 13.0 Å². The van der Waals surface area contributed by atoms with Crippen LogP contribution >= 0.6 is 0 Å². The summed E-state index contributed by atoms with van der Waals surface area (Å²) < 4.78 is 5.39. The molecule has 1 fully saturated rings. The van der Waals surface area contributed by atoms with E-state index < -0.39 is 6.10 Å². The molecule has 1 saturated carbocycles. The van der Waals surface area contributed by atoms with Crippen molar-refractivity contribution in [3.8, 4) is 5.75 Å². The molecule has 26 heavy (non-hydrogen) atoms. The number of amides is 1. The second-order valence-electron chi connectivity index (χ2n) is 7.30. The van der Waals surface area contributed by atoms with Crippen LogP contribution < -0.4 is 10.1 Å². The Kier molecular flexibility index (Phi) is 5.62. The molecule has 0 saturated heterocycles. The standard InChI is InChI=1S/C22H27NO3/c1-16(18-10-6-7-11-19(18)26-2)14-20(24)23-15-22(12-13-22)21(25)17-8-4-3-5-9-17/h3-11,16,21,25H,12-15H2,1-2H3,(H,23,24)/t16-,21+/m0/s1. The number of hydrogen-bond donors (Lipinski definition) is 2. The van der Waals surface area contributed by atoms with Gasteiger partial charge in [-0.2, -0.15) is 0 Å². The SMILES string of the molecule is COc1ccccc1[C@@H](C)CC(=O)NCC1([C@H](O)c2ccccc2)CC1. The molecule has 0 spiro atoms. The Hall–Kier alpha value is -2.33. The third-order valence-electron chi connectivity index (χ3n) is 5.39. The van der Waals surface area contributed by atoms with Gasteiger partial charge in [0.2, 0.25) is 5.91 Å². The van der Waals surface area contributed by atoms with Gasteiger partial charge in [-0.15, -0.1) is 0 Å². The summed E-state index contributed by atoms with van der Waals surface area (Å²) in [5, 5.41) is 13.7. The molecule has 2 N–H and O–H groups in total. The van der Waals surface area contributed by atoms with E-state index in [4.69, 9.17) is 4.74 Å². The fraction of sp³-hybridized carbons (Fsp3) is 0.409. The number of carbonyl (C=O) groups excluding carboxylic acids is 1. The van der Waals surface area contributed by atoms with Crippen molar-refractivity contribution in [3.05, 3.63) is 65.7 Å². The number of methoxy groups -OCH3 is 1. The van der Waals surface area contributed by atoms with Crippen molar-refractivity contribution >= 4 is 5.91 Å². The second kappa shape index (κ2) is 7.92. The van der Waals surface area contributed by atoms with Gasteiger partial charge in [0.05, 0.1) is 13.2 Å². The molecular weight excluding hydrogens is 326 g/mol. The highest BCUT2D eigenvalue weighted by Crippen LogP contribution is 2.54. The van der Waals surface area contributed by atoms with Crippen LogP contribution in [0.2, 0.25) is 0 Å². The van der Waals surface area contributed by atoms with Crippen molar-refractivity contribution in [1.29, 1.82) is 0 Å². The van der Waals surface area contributed by atoms with E-state index in [9.17, 15) is 9.90 Å². The normalized spacial score (nSPS) is 17.2. The summed E-state index contributed by atoms with van der Waals surface area (Å²) in [5.74, 6) is 0.890. The van der Waals surface area contributed by atoms with Gasteiger partial charge >= 0.3 is 0 Å². The first-order valence-corrected chi connectivity index (χ1v) is 9.18. The molecule has 2 atom stereocenters. The highest BCUT2D eigenvalue weighted by Gasteiger charge is 2.49. The van der Waals surface area contributed by atoms with Gasteiger partial charge in [-0.1, -0.05) is 55.5 Å². The van der Waals surface area contributed by atoms with E-state index in [2.05, 4.69) is 5.32 Å². The van der Waals surface area contributed by atoms with Crippen LogP contribution in [-0.2, 0) is 4.79 Å². The summed E-state index contributed by atoms with van der Waals surface area (Å²) in [6.07, 6.45) is 1.74. The predicted octanol–water partition coefficient (Wildman–Crippen LogP) is 3.82. The maximum Gasteiger partial charge on any atom is 0.220 e. The molecule has 2 aromatic carbocycles. The summed E-state index contributed by atoms with van der Waals surface area (Å²) in [7, 11) is 1.65. The van der Waals surface area contributed by atoms with E-state index in [-0.39, 0.29) is 17.2 Å². The monoisotopic (exact) mass is 353 g/mol. The zero-order valence-electron chi connectivity index (χ0n) is 15.4. The lowest BCUT2D eigenvalue weighted by molar-refractivity contribution is -0.121. The van der Waals surface area contributed by atoms with Gasteiger partial charge < -0.3 is 15.2 Å². The van der Waals surface area contributed by atoms with Crippen LogP contribution in [0.15, 0.2) is 54.6 Å². The fourth-order valence-electron chi connectivity index (χ4n) is 3.50. The van der Waals surface area contributed by atoms with Crippen molar-refractivity contribution in [3.63, 3.8) is 0 Å². The van der Waals surface area contributed by atoms with Crippen LogP contribution in [-0.4, -0.2) is 24.7 Å². The Balaban J connectivity index is 1.56. The van der Waals surface area contributed by atoms with Gasteiger partial charge in [0.25, 0.3) is 0 Å². The Morgan fingerprint density at radius 1 is 1.15 bits per heavy atom. The quantitative estimate of drug-likeness (QED) is 0.758. The summed E-state index contributed by atoms with van der Waals surface area (Å²) >= 11 is 0. The van der Waals surface area contributed by atoms with Gasteiger partial charge in [-0.05, 0) is 36.0 Å². The minimum Gasteiger partial charge on any atom is -0.496 e. The van der Waals surface area contributed by atoms with E-state index in [0.717, 1.165) is 29.7 Å². The molecule has 138 valence electrons. The maximum absolute atomic E-state index is 12.4. The number of para-hydroxylation sites is 1. The van der Waals surface area contributed by atoms with Crippen LogP contribution in [0.5, 0.6) is 5.75 Å². The molecule has 1 amide bonds. The van der Waals surface area contributed by atoms with Gasteiger partial charge in [0.15, 0.2) is 0 Å². The summed E-state index contributed by atoms with van der Waals surface area (Å²) in [6.45, 7) is 2.55. The number of ether oxygens (including phenoxy) is 1. The van der Waals surface area contributed by atoms with Crippen LogP contribution in [0.4, 0.5) is 0 Å². The molecular formula is C22H27NO3. The number of benzene rings is 2. The highest BCUT2D eigenvalue weighted by atomic mass is 16.5. The molecule has 0 bridgehead atoms. The molecule has 0 aliphatic heterocycles. The topological polar surface area (TPSA) is 58.6 Å². The number of nitrogens with one attached hydrogen (secondary N) is 1. The van der Waals surface area contributed by atoms with E-state index in [1.54, 1.807) is 7.11 Å². The van der Waals surface area contributed by atoms with E-state index in [1.807, 2.05) is 61.5 Å². The second-order valence-corrected chi connectivity index (χ2v) is 7.30. The van der Waals surface area contributed by atoms with Gasteiger partial charge in [-0.25, -0.2) is 0 Å². The predicted molar refractivity (Wildman–Crippen MR) is 102 cm³/mol. The zero-order valence-corrected chi connectivity index (χ0v) is 15.4. The first-order valence-electron chi connectivity index (χ1n) is 9.18. The molecule has 0 heterocycles. The molecule has 2 aromatic rings. The molecule has 0 radical (unpaired) electrons. The van der Waals surface area contributed by atoms with Gasteiger partial charge in [0, 0.05) is 18.4 Å². The van der Waals surface area contributed by atoms with E-state index >= 15 is 0 Å². The fourth-order valence-corrected chi connectivity index (χ4v) is 3.50. The average molecular weight is 353 g/mol. The number of carbonyl (C=O) groups is 1. The molecule has 4 nitrogen and oxygen atoms in total. The first-order chi connectivity index (χ1) is 12.6. The first kappa shape index (κ1) is 18.5. The lowest BCUT2D eigenvalue weighted by atomic mass is 9.92. The van der Waals surface area contributed by atoms with Crippen LogP contribution in [0, 0.1) is 5.41 Å². The Bertz CT molecular complexity index is 740. The van der Waals surface area contributed by atoms with Crippen molar-refractivity contribution < 1.29 is 14.6 Å². The summed E-state index contributed by atoms with van der Waals surface area (Å²) in [4.78, 5) is 12.4. The molecule has 3 rings (SSSR count). The Morgan fingerprint density at radius 2 is 1.81 bits per heavy atom. The number of rotatable bonds is 8. The largest absolute Gasteiger partial charge is 0.496 e. The number of hydrogen-bond acceptors (Lipinski definition) is 3. The highest BCUT2D eigenvalue weighted by molar-refractivity contribution is 5.77. The van der Waals surface area contributed by atoms with Crippen molar-refractivity contribution in [2.24, 2.45) is 5.41 Å². The summed E-state index contributed by atoms with van der Waals surface area (Å²) in [6, 6.07) is 17.5. The van der Waals surface area contributed by atoms with Gasteiger partial charge in [-0.3, -0.25) is 4.79 Å². The molecule has 0 aromatic heterocycles. The number of aliphatic hydroxyl groups is 1. The molecule has 0 unspecified atom stereocenters. The molecule has 1 aliphatic rings. The minimum absolute atomic E-state index is 0.00921. The van der Waals surface area contributed by atoms with Crippen molar-refractivity contribution in [2.75, 3.05) is 13.7 Å². The van der Waals surface area contributed by atoms with E-state index in [1.165, 1.54) is 0 Å². The Labute approximate surface area is 155 Å². The van der Waals surface area contributed by atoms with Crippen molar-refractivity contribution in [2.45, 2.75) is 38.2 Å². The maximum atomic E-state index is 12.4. The third-order valence-corrected chi connectivity index (χ3v) is 5.39. The lowest BCUT2D eigenvalue weighted by Gasteiger charge is -2.23. The average Bonchev–Trinajstić information content (AvgIpc) is 3.47. The minimum atomic E-state index is -0.532. The van der Waals surface area contributed by atoms with Crippen LogP contribution in [0.1, 0.15) is 49.3 Å². The molecule has 4 heteroatoms. The summed E-state index contributed by atoms with van der Waals surface area (Å²) in [5.41, 5.74) is 1.74. The Morgan fingerprint density at radius 3 is 2.46 bits per heavy atom. The van der Waals surface area contributed by atoms with Gasteiger partial charge in [0.1, 0.15) is 5.75 Å². The number of aliphatic hydroxyl groups excluding tert-OH is 1. The smallest absolute Gasteiger partial charge is 0.220 e. The zero-order chi connectivity index (χ0) is 18.6. The van der Waals surface area contributed by atoms with Crippen molar-refractivity contribution in [1.82, 2.24) is 5.32 Å².